The largest absolute Gasteiger partial charge is 0.394 e. The Bertz CT molecular complexity index is 2830. The lowest BCUT2D eigenvalue weighted by Gasteiger charge is -2.36. The number of benzene rings is 5. The van der Waals surface area contributed by atoms with Crippen molar-refractivity contribution in [2.24, 2.45) is 0 Å². The van der Waals surface area contributed by atoms with Crippen molar-refractivity contribution in [3.63, 3.8) is 0 Å². The van der Waals surface area contributed by atoms with Crippen LogP contribution in [0.1, 0.15) is 41.4 Å². The maximum absolute atomic E-state index is 15.3. The van der Waals surface area contributed by atoms with Crippen molar-refractivity contribution in [3.8, 4) is 0 Å². The van der Waals surface area contributed by atoms with E-state index < -0.39 is 188 Å². The van der Waals surface area contributed by atoms with E-state index in [0.717, 1.165) is 9.80 Å². The van der Waals surface area contributed by atoms with Crippen molar-refractivity contribution in [3.05, 3.63) is 70.8 Å². The Morgan fingerprint density at radius 3 is 0.570 bits per heavy atom. The number of rotatable bonds is 54. The Balaban J connectivity index is 1.26. The molecular weight excluding hydrogens is 1330 g/mol. The first-order chi connectivity index (χ1) is 48.2. The highest BCUT2D eigenvalue weighted by Gasteiger charge is 2.42. The minimum atomic E-state index is -1.31. The van der Waals surface area contributed by atoms with Crippen LogP contribution in [0.15, 0.2) is 48.5 Å². The summed E-state index contributed by atoms with van der Waals surface area (Å²) in [6.45, 7) is -11.9. The van der Waals surface area contributed by atoms with E-state index in [0.29, 0.717) is 32.3 Å². The van der Waals surface area contributed by atoms with E-state index >= 15 is 19.2 Å². The third-order valence-electron chi connectivity index (χ3n) is 16.1. The smallest absolute Gasteiger partial charge is 0.261 e. The summed E-state index contributed by atoms with van der Waals surface area (Å²) in [5, 5.41) is 159. The van der Waals surface area contributed by atoms with E-state index in [1.807, 2.05) is 0 Å². The maximum Gasteiger partial charge on any atom is 0.261 e. The number of hydrogen-bond acceptors (Lipinski definition) is 32. The maximum atomic E-state index is 15.3. The fourth-order valence-electron chi connectivity index (χ4n) is 11.0. The molecule has 0 aromatic heterocycles. The van der Waals surface area contributed by atoms with Crippen LogP contribution in [0.4, 0.5) is 0 Å². The van der Waals surface area contributed by atoms with E-state index in [1.165, 1.54) is 24.3 Å². The average molecular weight is 1430 g/mol. The zero-order valence-electron chi connectivity index (χ0n) is 55.1. The quantitative estimate of drug-likeness (QED) is 0.00979. The summed E-state index contributed by atoms with van der Waals surface area (Å²) in [6, 6.07) is 10.2. The number of carbonyl (C=O) groups excluding carboxylic acids is 4. The van der Waals surface area contributed by atoms with Gasteiger partial charge in [-0.05, 0) is 56.6 Å². The zero-order valence-corrected chi connectivity index (χ0v) is 55.1. The van der Waals surface area contributed by atoms with Crippen LogP contribution in [0.2, 0.25) is 0 Å². The van der Waals surface area contributed by atoms with Gasteiger partial charge >= 0.3 is 0 Å². The van der Waals surface area contributed by atoms with Crippen LogP contribution >= 0.6 is 0 Å². The van der Waals surface area contributed by atoms with Gasteiger partial charge in [0, 0.05) is 33.0 Å². The molecule has 0 saturated heterocycles. The minimum absolute atomic E-state index is 0.0702. The molecule has 34 heteroatoms. The van der Waals surface area contributed by atoms with E-state index in [1.54, 1.807) is 24.3 Å². The average Bonchev–Trinajstić information content (AvgIpc) is 0.691. The Labute approximate surface area is 573 Å². The molecule has 0 spiro atoms. The van der Waals surface area contributed by atoms with Crippen molar-refractivity contribution in [1.29, 1.82) is 0 Å². The summed E-state index contributed by atoms with van der Waals surface area (Å²) in [7, 11) is 0. The first-order valence-corrected chi connectivity index (χ1v) is 32.6. The summed E-state index contributed by atoms with van der Waals surface area (Å²) in [6.07, 6.45) is -14.3. The van der Waals surface area contributed by atoms with Crippen LogP contribution in [0.5, 0.6) is 0 Å². The number of ether oxygens (including phenoxy) is 12. The molecule has 100 heavy (non-hydrogen) atoms. The number of imide groups is 2. The zero-order chi connectivity index (χ0) is 72.4. The number of carbonyl (C=O) groups is 4. The van der Waals surface area contributed by atoms with Gasteiger partial charge in [-0.2, -0.15) is 0 Å². The third kappa shape index (κ3) is 22.3. The molecule has 0 saturated carbocycles. The molecule has 8 unspecified atom stereocenters. The molecule has 0 aliphatic carbocycles. The Hall–Kier alpha value is -5.44. The summed E-state index contributed by atoms with van der Waals surface area (Å²) in [5.74, 6) is -3.18. The fraction of sp³-hybridized carbons (Fsp3) is 0.636. The summed E-state index contributed by atoms with van der Waals surface area (Å²) in [5.41, 5.74) is 0.281. The first-order valence-electron chi connectivity index (χ1n) is 32.6. The molecule has 2 heterocycles. The Kier molecular flexibility index (Phi) is 34.2. The highest BCUT2D eigenvalue weighted by molar-refractivity contribution is 6.41. The van der Waals surface area contributed by atoms with Gasteiger partial charge in [-0.15, -0.1) is 0 Å². The normalized spacial score (nSPS) is 17.9. The first kappa shape index (κ1) is 81.9. The second kappa shape index (κ2) is 41.8. The van der Waals surface area contributed by atoms with Gasteiger partial charge in [-0.3, -0.25) is 29.0 Å². The molecule has 0 radical (unpaired) electrons. The van der Waals surface area contributed by atoms with Crippen LogP contribution in [0.25, 0.3) is 43.1 Å². The monoisotopic (exact) mass is 1430 g/mol. The molecule has 5 aromatic rings. The van der Waals surface area contributed by atoms with Crippen molar-refractivity contribution in [1.82, 2.24) is 9.80 Å². The van der Waals surface area contributed by atoms with Gasteiger partial charge in [0.05, 0.1) is 197 Å². The van der Waals surface area contributed by atoms with Crippen molar-refractivity contribution >= 4 is 66.7 Å². The number of aliphatic hydroxyl groups is 16. The highest BCUT2D eigenvalue weighted by Crippen LogP contribution is 2.47. The van der Waals surface area contributed by atoms with E-state index in [4.69, 9.17) is 56.8 Å². The molecule has 16 N–H and O–H groups in total. The van der Waals surface area contributed by atoms with Gasteiger partial charge in [0.25, 0.3) is 23.6 Å². The van der Waals surface area contributed by atoms with Gasteiger partial charge in [-0.1, -0.05) is 24.3 Å². The number of amides is 4. The van der Waals surface area contributed by atoms with E-state index in [2.05, 4.69) is 0 Å². The number of fused-ring (bicyclic) bond motifs is 2. The molecule has 8 atom stereocenters. The Morgan fingerprint density at radius 2 is 0.410 bits per heavy atom. The molecule has 0 bridgehead atoms. The molecular formula is C66H94N2O32. The van der Waals surface area contributed by atoms with Crippen LogP contribution < -0.4 is 0 Å². The third-order valence-corrected chi connectivity index (χ3v) is 16.1. The van der Waals surface area contributed by atoms with Crippen molar-refractivity contribution < 1.29 is 158 Å². The van der Waals surface area contributed by atoms with Gasteiger partial charge in [0.1, 0.15) is 73.2 Å². The SMILES string of the molecule is O=C1c2ccc3c4ccc5c6c(ccc(c7ccc(c2c37)C(=O)N1C(COC(COCC(O)CO)COCC(O)CO)COC(COCC(O)CO)COCC(O)CO)c64)C(=O)N(C(COC(COCC(O)CO)COCC(O)CO)COC(COCC(O)CO)COCC(O)CO)C5=O. The Morgan fingerprint density at radius 1 is 0.240 bits per heavy atom. The standard InChI is InChI=1S/C66H94N2O32/c69-9-39(77)21-89-29-47(30-90-22-40(78)10-70)97-17-37(18-98-48(31-91-23-41(79)11-71)32-92-24-42(80)12-72)67-63(85)55-5-1-51-52-2-6-57-62-58(8-4-54(60(52)62)53-3-7-56(64(67)86)61(55)59(51)53)66(88)68(65(57)87)38(19-99-49(33-93-25-43(81)13-73)34-94-26-44(82)14-74)20-100-50(35-95-27-45(83)15-75)36-96-28-46(84)16-76/h1-8,37-50,69-84H,9-36H2. The fourth-order valence-corrected chi connectivity index (χ4v) is 11.0. The number of aliphatic hydroxyl groups excluding tert-OH is 16. The van der Waals surface area contributed by atoms with Gasteiger partial charge in [-0.25, -0.2) is 0 Å². The lowest BCUT2D eigenvalue weighted by atomic mass is 9.82. The molecule has 2 aliphatic rings. The van der Waals surface area contributed by atoms with Crippen molar-refractivity contribution in [2.45, 2.75) is 85.3 Å². The molecule has 0 fully saturated rings. The van der Waals surface area contributed by atoms with Crippen LogP contribution in [-0.4, -0.2) is 385 Å². The summed E-state index contributed by atoms with van der Waals surface area (Å²) < 4.78 is 69.9. The second-order valence-electron chi connectivity index (χ2n) is 24.2. The minimum Gasteiger partial charge on any atom is -0.394 e. The topological polar surface area (TPSA) is 509 Å². The van der Waals surface area contributed by atoms with Crippen LogP contribution in [-0.2, 0) is 56.8 Å². The second-order valence-corrected chi connectivity index (χ2v) is 24.2. The van der Waals surface area contributed by atoms with E-state index in [9.17, 15) is 81.7 Å². The van der Waals surface area contributed by atoms with Crippen LogP contribution in [0, 0.1) is 0 Å². The molecule has 34 nitrogen and oxygen atoms in total. The number of hydrogen-bond donors (Lipinski definition) is 16. The van der Waals surface area contributed by atoms with Gasteiger partial charge < -0.3 is 139 Å². The summed E-state index contributed by atoms with van der Waals surface area (Å²) >= 11 is 0. The molecule has 7 rings (SSSR count). The number of nitrogens with zero attached hydrogens (tertiary/aromatic N) is 2. The lowest BCUT2D eigenvalue weighted by molar-refractivity contribution is -0.113. The predicted molar refractivity (Wildman–Crippen MR) is 346 cm³/mol. The van der Waals surface area contributed by atoms with Crippen molar-refractivity contribution in [2.75, 3.05) is 185 Å². The predicted octanol–water partition coefficient (Wildman–Crippen LogP) is -5.83. The molecule has 2 aliphatic heterocycles. The summed E-state index contributed by atoms with van der Waals surface area (Å²) in [4.78, 5) is 63.2. The van der Waals surface area contributed by atoms with Crippen LogP contribution in [0.3, 0.4) is 0 Å². The molecule has 560 valence electrons. The molecule has 5 aromatic carbocycles. The lowest BCUT2D eigenvalue weighted by Crippen LogP contribution is -2.52. The molecule has 4 amide bonds. The van der Waals surface area contributed by atoms with E-state index in [-0.39, 0.29) is 139 Å². The van der Waals surface area contributed by atoms with Gasteiger partial charge in [0.2, 0.25) is 0 Å². The highest BCUT2D eigenvalue weighted by atomic mass is 16.6. The van der Waals surface area contributed by atoms with Gasteiger partial charge in [0.15, 0.2) is 0 Å².